The zero-order valence-corrected chi connectivity index (χ0v) is 39.9. The molecule has 2 fully saturated rings. The highest BCUT2D eigenvalue weighted by Gasteiger charge is 2.55. The first-order valence-electron chi connectivity index (χ1n) is 24.5. The summed E-state index contributed by atoms with van der Waals surface area (Å²) in [5.41, 5.74) is 0. The average molecular weight is 957 g/mol. The van der Waals surface area contributed by atoms with Crippen LogP contribution in [0.15, 0.2) is 12.2 Å². The Labute approximate surface area is 386 Å². The predicted octanol–water partition coefficient (Wildman–Crippen LogP) is 4.93. The minimum Gasteiger partial charge on any atom is -0.462 e. The number of aliphatic hydroxyl groups excluding tert-OH is 8. The van der Waals surface area contributed by atoms with E-state index in [-0.39, 0.29) is 12.8 Å². The third kappa shape index (κ3) is 24.0. The highest BCUT2D eigenvalue weighted by Crippen LogP contribution is 2.48. The van der Waals surface area contributed by atoms with Crippen molar-refractivity contribution in [1.82, 2.24) is 0 Å². The monoisotopic (exact) mass is 957 g/mol. The van der Waals surface area contributed by atoms with Crippen molar-refractivity contribution in [3.05, 3.63) is 12.2 Å². The van der Waals surface area contributed by atoms with Crippen LogP contribution in [0.5, 0.6) is 0 Å². The highest BCUT2D eigenvalue weighted by molar-refractivity contribution is 7.47. The summed E-state index contributed by atoms with van der Waals surface area (Å²) in [6.45, 7) is 2.19. The molecule has 9 N–H and O–H groups in total. The van der Waals surface area contributed by atoms with E-state index in [1.54, 1.807) is 0 Å². The first kappa shape index (κ1) is 59.5. The van der Waals surface area contributed by atoms with Gasteiger partial charge < -0.3 is 64.7 Å². The van der Waals surface area contributed by atoms with E-state index in [9.17, 15) is 59.9 Å². The van der Waals surface area contributed by atoms with Gasteiger partial charge in [-0.3, -0.25) is 18.6 Å². The van der Waals surface area contributed by atoms with Crippen molar-refractivity contribution in [2.45, 2.75) is 248 Å². The number of allylic oxidation sites excluding steroid dienone is 2. The number of carbonyl (C=O) groups excluding carboxylic acids is 2. The second-order valence-electron chi connectivity index (χ2n) is 17.7. The molecule has 0 radical (unpaired) electrons. The van der Waals surface area contributed by atoms with Gasteiger partial charge in [0.15, 0.2) is 12.4 Å². The van der Waals surface area contributed by atoms with Crippen LogP contribution in [0, 0.1) is 0 Å². The van der Waals surface area contributed by atoms with Crippen LogP contribution in [-0.2, 0) is 42.1 Å². The van der Waals surface area contributed by atoms with Crippen LogP contribution in [0.4, 0.5) is 0 Å². The molecule has 19 heteroatoms. The molecule has 0 spiro atoms. The molecule has 1 saturated heterocycles. The Morgan fingerprint density at radius 2 is 1.02 bits per heavy atom. The largest absolute Gasteiger partial charge is 0.472 e. The molecular formula is C46H85O18P. The molecule has 1 saturated carbocycles. The summed E-state index contributed by atoms with van der Waals surface area (Å²) in [7, 11) is -5.37. The quantitative estimate of drug-likeness (QED) is 0.0173. The smallest absolute Gasteiger partial charge is 0.462 e. The lowest BCUT2D eigenvalue weighted by Gasteiger charge is -2.47. The van der Waals surface area contributed by atoms with E-state index in [4.69, 9.17) is 28.0 Å². The standard InChI is InChI=1S/C46H85O18P/c1-3-5-7-9-11-13-15-17-19-21-23-25-27-29-36(49)61-33(31-59-35(48)28-26-24-22-20-18-16-14-12-10-8-6-4-2)32-60-65(57,58)64-45-42(55)40(53)39(52)41(54)44(45)63-46-43(56)38(51)37(50)34(30-47)62-46/h17,19,33-34,37-47,50-56H,3-16,18,20-32H2,1-2H3,(H,57,58). The number of aliphatic hydroxyl groups is 8. The van der Waals surface area contributed by atoms with Crippen molar-refractivity contribution in [2.24, 2.45) is 0 Å². The van der Waals surface area contributed by atoms with E-state index in [1.807, 2.05) is 0 Å². The summed E-state index contributed by atoms with van der Waals surface area (Å²) >= 11 is 0. The minimum absolute atomic E-state index is 0.0153. The Balaban J connectivity index is 1.98. The van der Waals surface area contributed by atoms with Gasteiger partial charge in [-0.05, 0) is 38.5 Å². The van der Waals surface area contributed by atoms with Gasteiger partial charge in [0.05, 0.1) is 13.2 Å². The number of carbonyl (C=O) groups is 2. The Morgan fingerprint density at radius 3 is 1.54 bits per heavy atom. The molecule has 1 heterocycles. The molecule has 2 rings (SSSR count). The molecule has 0 amide bonds. The number of esters is 2. The molecular weight excluding hydrogens is 871 g/mol. The Hall–Kier alpha value is -1.61. The van der Waals surface area contributed by atoms with Gasteiger partial charge in [-0.1, -0.05) is 135 Å². The first-order chi connectivity index (χ1) is 31.2. The molecule has 1 aliphatic carbocycles. The molecule has 382 valence electrons. The molecule has 65 heavy (non-hydrogen) atoms. The summed E-state index contributed by atoms with van der Waals surface area (Å²) in [5, 5.41) is 82.8. The topological polar surface area (TPSA) is 289 Å². The second kappa shape index (κ2) is 34.6. The van der Waals surface area contributed by atoms with Gasteiger partial charge in [0.1, 0.15) is 67.6 Å². The van der Waals surface area contributed by atoms with Crippen molar-refractivity contribution in [1.29, 1.82) is 0 Å². The fourth-order valence-electron chi connectivity index (χ4n) is 7.87. The number of rotatable bonds is 37. The highest BCUT2D eigenvalue weighted by atomic mass is 31.2. The van der Waals surface area contributed by atoms with Crippen LogP contribution in [0.1, 0.15) is 174 Å². The minimum atomic E-state index is -5.37. The number of hydrogen-bond donors (Lipinski definition) is 9. The van der Waals surface area contributed by atoms with Gasteiger partial charge in [-0.2, -0.15) is 0 Å². The van der Waals surface area contributed by atoms with Gasteiger partial charge in [-0.25, -0.2) is 4.57 Å². The molecule has 2 aliphatic rings. The molecule has 0 bridgehead atoms. The number of phosphoric ester groups is 1. The summed E-state index contributed by atoms with van der Waals surface area (Å²) < 4.78 is 45.3. The molecule has 13 atom stereocenters. The number of ether oxygens (including phenoxy) is 4. The maximum Gasteiger partial charge on any atom is 0.472 e. The maximum absolute atomic E-state index is 13.4. The summed E-state index contributed by atoms with van der Waals surface area (Å²) in [6.07, 6.45) is 5.96. The van der Waals surface area contributed by atoms with E-state index < -0.39 is 113 Å². The third-order valence-corrected chi connectivity index (χ3v) is 13.0. The molecule has 1 aliphatic heterocycles. The fourth-order valence-corrected chi connectivity index (χ4v) is 8.84. The van der Waals surface area contributed by atoms with E-state index in [1.165, 1.54) is 83.5 Å². The van der Waals surface area contributed by atoms with Crippen LogP contribution in [0.2, 0.25) is 0 Å². The summed E-state index contributed by atoms with van der Waals surface area (Å²) in [4.78, 5) is 36.4. The molecule has 0 aromatic heterocycles. The van der Waals surface area contributed by atoms with Crippen molar-refractivity contribution >= 4 is 19.8 Å². The van der Waals surface area contributed by atoms with Crippen molar-refractivity contribution in [3.8, 4) is 0 Å². The van der Waals surface area contributed by atoms with Crippen molar-refractivity contribution in [2.75, 3.05) is 19.8 Å². The average Bonchev–Trinajstić information content (AvgIpc) is 3.28. The van der Waals surface area contributed by atoms with Crippen molar-refractivity contribution < 1.29 is 87.9 Å². The normalized spacial score (nSPS) is 28.6. The SMILES string of the molecule is CCCCCCCCC=CCCCCCC(=O)OC(COC(=O)CCCCCCCCCCCCCC)COP(=O)(O)OC1C(O)C(O)C(O)C(O)C1OC1OC(CO)C(O)C(O)C1O. The Kier molecular flexibility index (Phi) is 31.7. The van der Waals surface area contributed by atoms with Crippen LogP contribution in [0.3, 0.4) is 0 Å². The number of hydrogen-bond acceptors (Lipinski definition) is 17. The van der Waals surface area contributed by atoms with E-state index in [0.717, 1.165) is 51.4 Å². The van der Waals surface area contributed by atoms with Crippen LogP contribution < -0.4 is 0 Å². The van der Waals surface area contributed by atoms with E-state index >= 15 is 0 Å². The lowest BCUT2D eigenvalue weighted by molar-refractivity contribution is -0.338. The van der Waals surface area contributed by atoms with Crippen LogP contribution in [0.25, 0.3) is 0 Å². The van der Waals surface area contributed by atoms with Crippen molar-refractivity contribution in [3.63, 3.8) is 0 Å². The number of unbranched alkanes of at least 4 members (excludes halogenated alkanes) is 20. The van der Waals surface area contributed by atoms with Crippen LogP contribution in [-0.4, -0.2) is 151 Å². The number of phosphoric acid groups is 1. The van der Waals surface area contributed by atoms with E-state index in [2.05, 4.69) is 26.0 Å². The third-order valence-electron chi connectivity index (χ3n) is 12.0. The molecule has 13 unspecified atom stereocenters. The van der Waals surface area contributed by atoms with Crippen LogP contribution >= 0.6 is 7.82 Å². The zero-order valence-electron chi connectivity index (χ0n) is 39.0. The summed E-state index contributed by atoms with van der Waals surface area (Å²) in [5.74, 6) is -1.23. The lowest BCUT2D eigenvalue weighted by Crippen LogP contribution is -2.67. The van der Waals surface area contributed by atoms with Gasteiger partial charge in [-0.15, -0.1) is 0 Å². The molecule has 18 nitrogen and oxygen atoms in total. The van der Waals surface area contributed by atoms with Gasteiger partial charge in [0, 0.05) is 12.8 Å². The molecule has 0 aromatic rings. The fraction of sp³-hybridized carbons (Fsp3) is 0.913. The maximum atomic E-state index is 13.4. The first-order valence-corrected chi connectivity index (χ1v) is 26.0. The Morgan fingerprint density at radius 1 is 0.569 bits per heavy atom. The predicted molar refractivity (Wildman–Crippen MR) is 240 cm³/mol. The molecule has 0 aromatic carbocycles. The Bertz CT molecular complexity index is 1320. The van der Waals surface area contributed by atoms with Gasteiger partial charge >= 0.3 is 19.8 Å². The summed E-state index contributed by atoms with van der Waals surface area (Å²) in [6, 6.07) is 0. The second-order valence-corrected chi connectivity index (χ2v) is 19.1. The zero-order chi connectivity index (χ0) is 48.0. The van der Waals surface area contributed by atoms with Gasteiger partial charge in [0.2, 0.25) is 0 Å². The van der Waals surface area contributed by atoms with Gasteiger partial charge in [0.25, 0.3) is 0 Å². The lowest BCUT2D eigenvalue weighted by atomic mass is 9.84. The van der Waals surface area contributed by atoms with E-state index in [0.29, 0.717) is 12.8 Å².